The molecule has 11 heavy (non-hydrogen) atoms. The van der Waals surface area contributed by atoms with Crippen LogP contribution in [0.15, 0.2) is 12.7 Å². The Morgan fingerprint density at radius 3 is 2.64 bits per heavy atom. The van der Waals surface area contributed by atoms with Crippen molar-refractivity contribution in [1.82, 2.24) is 5.32 Å². The quantitative estimate of drug-likeness (QED) is 0.601. The predicted octanol–water partition coefficient (Wildman–Crippen LogP) is 0.653. The first-order valence-electron chi connectivity index (χ1n) is 4.26. The molecule has 1 saturated heterocycles. The average molecular weight is 153 g/mol. The van der Waals surface area contributed by atoms with Crippen molar-refractivity contribution in [1.29, 1.82) is 0 Å². The normalized spacial score (nSPS) is 43.2. The molecule has 2 fully saturated rings. The number of ether oxygens (including phenoxy) is 1. The van der Waals surface area contributed by atoms with Crippen LogP contribution < -0.4 is 5.32 Å². The van der Waals surface area contributed by atoms with Crippen LogP contribution >= 0.6 is 0 Å². The Bertz CT molecular complexity index is 159. The van der Waals surface area contributed by atoms with Crippen LogP contribution in [0.1, 0.15) is 0 Å². The Balaban J connectivity index is 1.93. The third kappa shape index (κ3) is 1.01. The molecule has 3 unspecified atom stereocenters. The van der Waals surface area contributed by atoms with Crippen LogP contribution in [-0.4, -0.2) is 26.3 Å². The summed E-state index contributed by atoms with van der Waals surface area (Å²) in [5, 5.41) is 3.27. The van der Waals surface area contributed by atoms with Gasteiger partial charge < -0.3 is 10.1 Å². The van der Waals surface area contributed by atoms with Gasteiger partial charge in [0.25, 0.3) is 0 Å². The van der Waals surface area contributed by atoms with E-state index in [-0.39, 0.29) is 0 Å². The number of fused-ring (bicyclic) bond motifs is 1. The molecule has 1 aliphatic carbocycles. The van der Waals surface area contributed by atoms with Gasteiger partial charge in [0.05, 0.1) is 13.2 Å². The van der Waals surface area contributed by atoms with Crippen LogP contribution in [0.3, 0.4) is 0 Å². The summed E-state index contributed by atoms with van der Waals surface area (Å²) in [5.41, 5.74) is 0. The van der Waals surface area contributed by atoms with E-state index in [2.05, 4.69) is 11.9 Å². The number of likely N-dealkylation sites (N-methyl/N-ethyl adjacent to an activating group) is 1. The van der Waals surface area contributed by atoms with Crippen molar-refractivity contribution in [2.75, 3.05) is 20.3 Å². The molecule has 2 heteroatoms. The first-order chi connectivity index (χ1) is 5.38. The van der Waals surface area contributed by atoms with Gasteiger partial charge in [-0.2, -0.15) is 0 Å². The van der Waals surface area contributed by atoms with E-state index in [0.717, 1.165) is 31.0 Å². The van der Waals surface area contributed by atoms with E-state index in [0.29, 0.717) is 6.04 Å². The van der Waals surface area contributed by atoms with Crippen LogP contribution in [0, 0.1) is 17.8 Å². The zero-order valence-electron chi connectivity index (χ0n) is 6.92. The molecular formula is C9H15NO. The fourth-order valence-electron chi connectivity index (χ4n) is 2.28. The third-order valence-corrected chi connectivity index (χ3v) is 3.02. The van der Waals surface area contributed by atoms with Gasteiger partial charge in [-0.3, -0.25) is 0 Å². The first kappa shape index (κ1) is 7.32. The standard InChI is InChI=1S/C9H15NO/c1-3-8(10-2)9-6-4-11-5-7(6)9/h3,6-10H,1,4-5H2,2H3. The van der Waals surface area contributed by atoms with Crippen molar-refractivity contribution in [3.8, 4) is 0 Å². The highest BCUT2D eigenvalue weighted by Crippen LogP contribution is 2.52. The predicted molar refractivity (Wildman–Crippen MR) is 44.3 cm³/mol. The van der Waals surface area contributed by atoms with Crippen molar-refractivity contribution in [3.63, 3.8) is 0 Å². The molecule has 2 nitrogen and oxygen atoms in total. The Morgan fingerprint density at radius 2 is 2.18 bits per heavy atom. The minimum absolute atomic E-state index is 0.508. The minimum Gasteiger partial charge on any atom is -0.381 e. The molecule has 1 aliphatic heterocycles. The minimum atomic E-state index is 0.508. The number of hydrogen-bond donors (Lipinski definition) is 1. The summed E-state index contributed by atoms with van der Waals surface area (Å²) in [6.07, 6.45) is 2.02. The summed E-state index contributed by atoms with van der Waals surface area (Å²) in [6, 6.07) is 0.508. The van der Waals surface area contributed by atoms with Crippen LogP contribution in [-0.2, 0) is 4.74 Å². The summed E-state index contributed by atoms with van der Waals surface area (Å²) in [5.74, 6) is 2.46. The molecule has 0 aromatic heterocycles. The summed E-state index contributed by atoms with van der Waals surface area (Å²) in [4.78, 5) is 0. The second-order valence-electron chi connectivity index (χ2n) is 3.49. The van der Waals surface area contributed by atoms with E-state index in [9.17, 15) is 0 Å². The molecule has 1 saturated carbocycles. The van der Waals surface area contributed by atoms with Crippen molar-refractivity contribution < 1.29 is 4.74 Å². The fraction of sp³-hybridized carbons (Fsp3) is 0.778. The fourth-order valence-corrected chi connectivity index (χ4v) is 2.28. The third-order valence-electron chi connectivity index (χ3n) is 3.02. The van der Waals surface area contributed by atoms with Crippen molar-refractivity contribution in [2.24, 2.45) is 17.8 Å². The second kappa shape index (κ2) is 2.61. The van der Waals surface area contributed by atoms with E-state index < -0.39 is 0 Å². The van der Waals surface area contributed by atoms with Gasteiger partial charge >= 0.3 is 0 Å². The molecule has 0 bridgehead atoms. The lowest BCUT2D eigenvalue weighted by molar-refractivity contribution is 0.147. The summed E-state index contributed by atoms with van der Waals surface area (Å²) in [6.45, 7) is 5.76. The molecule has 1 heterocycles. The lowest BCUT2D eigenvalue weighted by Crippen LogP contribution is -2.27. The first-order valence-corrected chi connectivity index (χ1v) is 4.26. The molecule has 0 aromatic rings. The van der Waals surface area contributed by atoms with E-state index in [1.54, 1.807) is 0 Å². The van der Waals surface area contributed by atoms with E-state index in [1.165, 1.54) is 0 Å². The highest BCUT2D eigenvalue weighted by molar-refractivity contribution is 5.10. The monoisotopic (exact) mass is 153 g/mol. The molecule has 0 aromatic carbocycles. The van der Waals surface area contributed by atoms with Crippen molar-refractivity contribution >= 4 is 0 Å². The second-order valence-corrected chi connectivity index (χ2v) is 3.49. The van der Waals surface area contributed by atoms with E-state index in [4.69, 9.17) is 4.74 Å². The molecule has 3 atom stereocenters. The summed E-state index contributed by atoms with van der Waals surface area (Å²) < 4.78 is 5.31. The maximum Gasteiger partial charge on any atom is 0.0501 e. The molecule has 0 radical (unpaired) electrons. The zero-order valence-corrected chi connectivity index (χ0v) is 6.92. The van der Waals surface area contributed by atoms with Gasteiger partial charge in [0.2, 0.25) is 0 Å². The topological polar surface area (TPSA) is 21.3 Å². The van der Waals surface area contributed by atoms with Gasteiger partial charge in [-0.1, -0.05) is 6.08 Å². The van der Waals surface area contributed by atoms with Crippen LogP contribution in [0.5, 0.6) is 0 Å². The van der Waals surface area contributed by atoms with E-state index in [1.807, 2.05) is 13.1 Å². The maximum absolute atomic E-state index is 5.31. The smallest absolute Gasteiger partial charge is 0.0501 e. The molecular weight excluding hydrogens is 138 g/mol. The molecule has 0 amide bonds. The van der Waals surface area contributed by atoms with Gasteiger partial charge in [-0.05, 0) is 24.8 Å². The molecule has 2 aliphatic rings. The van der Waals surface area contributed by atoms with Crippen molar-refractivity contribution in [2.45, 2.75) is 6.04 Å². The van der Waals surface area contributed by atoms with Crippen LogP contribution in [0.4, 0.5) is 0 Å². The Hall–Kier alpha value is -0.340. The van der Waals surface area contributed by atoms with Gasteiger partial charge in [-0.25, -0.2) is 0 Å². The largest absolute Gasteiger partial charge is 0.381 e. The van der Waals surface area contributed by atoms with E-state index >= 15 is 0 Å². The zero-order chi connectivity index (χ0) is 7.84. The SMILES string of the molecule is C=CC(NC)C1C2COCC21. The van der Waals surface area contributed by atoms with Gasteiger partial charge in [0.1, 0.15) is 0 Å². The molecule has 2 rings (SSSR count). The molecule has 62 valence electrons. The average Bonchev–Trinajstić information content (AvgIpc) is 2.54. The van der Waals surface area contributed by atoms with Crippen LogP contribution in [0.25, 0.3) is 0 Å². The van der Waals surface area contributed by atoms with Crippen molar-refractivity contribution in [3.05, 3.63) is 12.7 Å². The molecule has 1 N–H and O–H groups in total. The number of rotatable bonds is 3. The summed E-state index contributed by atoms with van der Waals surface area (Å²) in [7, 11) is 2.00. The molecule has 0 spiro atoms. The highest BCUT2D eigenvalue weighted by Gasteiger charge is 2.56. The van der Waals surface area contributed by atoms with Gasteiger partial charge in [0.15, 0.2) is 0 Å². The number of nitrogens with one attached hydrogen (secondary N) is 1. The Morgan fingerprint density at radius 1 is 1.55 bits per heavy atom. The highest BCUT2D eigenvalue weighted by atomic mass is 16.5. The Kier molecular flexibility index (Phi) is 1.74. The van der Waals surface area contributed by atoms with Crippen LogP contribution in [0.2, 0.25) is 0 Å². The maximum atomic E-state index is 5.31. The lowest BCUT2D eigenvalue weighted by Gasteiger charge is -2.12. The lowest BCUT2D eigenvalue weighted by atomic mass is 10.1. The van der Waals surface area contributed by atoms with Gasteiger partial charge in [-0.15, -0.1) is 6.58 Å². The Labute approximate surface area is 67.6 Å². The number of hydrogen-bond acceptors (Lipinski definition) is 2. The summed E-state index contributed by atoms with van der Waals surface area (Å²) >= 11 is 0. The van der Waals surface area contributed by atoms with Gasteiger partial charge in [0, 0.05) is 6.04 Å².